The molecule has 1 N–H and O–H groups in total. The SMILES string of the molecule is COC(=O)c1ccc(CN2CCOCC2CO)o1. The van der Waals surface area contributed by atoms with Crippen LogP contribution in [0.2, 0.25) is 0 Å². The van der Waals surface area contributed by atoms with Crippen molar-refractivity contribution in [1.29, 1.82) is 0 Å². The minimum atomic E-state index is -0.484. The van der Waals surface area contributed by atoms with Crippen LogP contribution in [0.4, 0.5) is 0 Å². The Morgan fingerprint density at radius 2 is 2.44 bits per heavy atom. The summed E-state index contributed by atoms with van der Waals surface area (Å²) in [5, 5.41) is 9.24. The van der Waals surface area contributed by atoms with Gasteiger partial charge in [-0.3, -0.25) is 4.90 Å². The van der Waals surface area contributed by atoms with E-state index in [1.165, 1.54) is 7.11 Å². The number of aliphatic hydroxyl groups excluding tert-OH is 1. The molecular weight excluding hydrogens is 238 g/mol. The lowest BCUT2D eigenvalue weighted by atomic mass is 10.2. The van der Waals surface area contributed by atoms with E-state index in [1.54, 1.807) is 12.1 Å². The van der Waals surface area contributed by atoms with E-state index in [0.29, 0.717) is 25.5 Å². The molecule has 1 aromatic rings. The first-order chi connectivity index (χ1) is 8.74. The fraction of sp³-hybridized carbons (Fsp3) is 0.583. The molecule has 18 heavy (non-hydrogen) atoms. The van der Waals surface area contributed by atoms with E-state index in [1.807, 2.05) is 0 Å². The normalized spacial score (nSPS) is 20.9. The third-order valence-corrected chi connectivity index (χ3v) is 2.97. The number of nitrogens with zero attached hydrogens (tertiary/aromatic N) is 1. The number of morpholine rings is 1. The Balaban J connectivity index is 1.99. The van der Waals surface area contributed by atoms with Crippen LogP contribution in [0, 0.1) is 0 Å². The first kappa shape index (κ1) is 13.1. The Labute approximate surface area is 105 Å². The maximum Gasteiger partial charge on any atom is 0.373 e. The molecule has 1 unspecified atom stereocenters. The third kappa shape index (κ3) is 2.90. The van der Waals surface area contributed by atoms with Crippen LogP contribution in [0.5, 0.6) is 0 Å². The molecule has 0 amide bonds. The van der Waals surface area contributed by atoms with Crippen molar-refractivity contribution in [1.82, 2.24) is 4.90 Å². The van der Waals surface area contributed by atoms with Gasteiger partial charge in [-0.25, -0.2) is 4.79 Å². The predicted molar refractivity (Wildman–Crippen MR) is 62.2 cm³/mol. The minimum Gasteiger partial charge on any atom is -0.463 e. The first-order valence-corrected chi connectivity index (χ1v) is 5.84. The number of hydrogen-bond donors (Lipinski definition) is 1. The van der Waals surface area contributed by atoms with E-state index < -0.39 is 5.97 Å². The zero-order chi connectivity index (χ0) is 13.0. The fourth-order valence-corrected chi connectivity index (χ4v) is 1.94. The van der Waals surface area contributed by atoms with Gasteiger partial charge in [-0.2, -0.15) is 0 Å². The van der Waals surface area contributed by atoms with Crippen LogP contribution in [0.3, 0.4) is 0 Å². The number of esters is 1. The van der Waals surface area contributed by atoms with Gasteiger partial charge in [-0.1, -0.05) is 0 Å². The summed E-state index contributed by atoms with van der Waals surface area (Å²) >= 11 is 0. The monoisotopic (exact) mass is 255 g/mol. The number of carbonyl (C=O) groups excluding carboxylic acids is 1. The van der Waals surface area contributed by atoms with Crippen molar-refractivity contribution in [3.63, 3.8) is 0 Å². The second-order valence-corrected chi connectivity index (χ2v) is 4.14. The lowest BCUT2D eigenvalue weighted by Gasteiger charge is -2.33. The molecule has 1 aromatic heterocycles. The van der Waals surface area contributed by atoms with E-state index in [9.17, 15) is 9.90 Å². The van der Waals surface area contributed by atoms with Gasteiger partial charge >= 0.3 is 5.97 Å². The molecule has 1 aliphatic rings. The fourth-order valence-electron chi connectivity index (χ4n) is 1.94. The molecule has 1 fully saturated rings. The topological polar surface area (TPSA) is 72.1 Å². The maximum absolute atomic E-state index is 11.2. The van der Waals surface area contributed by atoms with Gasteiger partial charge in [0.1, 0.15) is 5.76 Å². The van der Waals surface area contributed by atoms with E-state index >= 15 is 0 Å². The van der Waals surface area contributed by atoms with Crippen molar-refractivity contribution in [2.45, 2.75) is 12.6 Å². The third-order valence-electron chi connectivity index (χ3n) is 2.97. The lowest BCUT2D eigenvalue weighted by molar-refractivity contribution is -0.0337. The average Bonchev–Trinajstić information content (AvgIpc) is 2.87. The molecule has 0 aromatic carbocycles. The number of hydrogen-bond acceptors (Lipinski definition) is 6. The van der Waals surface area contributed by atoms with Crippen molar-refractivity contribution >= 4 is 5.97 Å². The van der Waals surface area contributed by atoms with Crippen LogP contribution in [-0.2, 0) is 16.0 Å². The summed E-state index contributed by atoms with van der Waals surface area (Å²) in [5.74, 6) is 0.388. The molecule has 1 saturated heterocycles. The largest absolute Gasteiger partial charge is 0.463 e. The highest BCUT2D eigenvalue weighted by molar-refractivity contribution is 5.86. The summed E-state index contributed by atoms with van der Waals surface area (Å²) in [6, 6.07) is 3.32. The van der Waals surface area contributed by atoms with Crippen LogP contribution in [0.1, 0.15) is 16.3 Å². The van der Waals surface area contributed by atoms with E-state index in [4.69, 9.17) is 9.15 Å². The lowest BCUT2D eigenvalue weighted by Crippen LogP contribution is -2.46. The highest BCUT2D eigenvalue weighted by atomic mass is 16.5. The van der Waals surface area contributed by atoms with Crippen LogP contribution in [-0.4, -0.2) is 55.5 Å². The van der Waals surface area contributed by atoms with Gasteiger partial charge in [0.25, 0.3) is 0 Å². The molecule has 1 atom stereocenters. The summed E-state index contributed by atoms with van der Waals surface area (Å²) in [7, 11) is 1.31. The van der Waals surface area contributed by atoms with Crippen LogP contribution in [0.25, 0.3) is 0 Å². The minimum absolute atomic E-state index is 0.0228. The number of ether oxygens (including phenoxy) is 2. The van der Waals surface area contributed by atoms with Gasteiger partial charge in [0.2, 0.25) is 5.76 Å². The average molecular weight is 255 g/mol. The number of furan rings is 1. The molecule has 0 spiro atoms. The molecule has 6 nitrogen and oxygen atoms in total. The van der Waals surface area contributed by atoms with Gasteiger partial charge in [-0.15, -0.1) is 0 Å². The zero-order valence-corrected chi connectivity index (χ0v) is 10.3. The number of methoxy groups -OCH3 is 1. The quantitative estimate of drug-likeness (QED) is 0.778. The van der Waals surface area contributed by atoms with E-state index in [2.05, 4.69) is 9.64 Å². The Hall–Kier alpha value is -1.37. The van der Waals surface area contributed by atoms with Crippen LogP contribution >= 0.6 is 0 Å². The molecule has 2 heterocycles. The first-order valence-electron chi connectivity index (χ1n) is 5.84. The molecule has 100 valence electrons. The van der Waals surface area contributed by atoms with Crippen molar-refractivity contribution in [2.24, 2.45) is 0 Å². The van der Waals surface area contributed by atoms with Gasteiger partial charge in [0, 0.05) is 6.54 Å². The Bertz CT molecular complexity index is 403. The number of rotatable bonds is 4. The summed E-state index contributed by atoms with van der Waals surface area (Å²) in [4.78, 5) is 13.3. The molecule has 6 heteroatoms. The summed E-state index contributed by atoms with van der Waals surface area (Å²) in [6.45, 7) is 2.48. The molecule has 0 radical (unpaired) electrons. The summed E-state index contributed by atoms with van der Waals surface area (Å²) in [5.41, 5.74) is 0. The Morgan fingerprint density at radius 3 is 3.17 bits per heavy atom. The van der Waals surface area contributed by atoms with Crippen molar-refractivity contribution in [3.8, 4) is 0 Å². The standard InChI is InChI=1S/C12H17NO5/c1-16-12(15)11-3-2-10(18-11)6-13-4-5-17-8-9(13)7-14/h2-3,9,14H,4-8H2,1H3. The molecule has 2 rings (SSSR count). The maximum atomic E-state index is 11.2. The van der Waals surface area contributed by atoms with Gasteiger partial charge in [-0.05, 0) is 12.1 Å². The smallest absolute Gasteiger partial charge is 0.373 e. The molecule has 0 saturated carbocycles. The van der Waals surface area contributed by atoms with Crippen molar-refractivity contribution in [3.05, 3.63) is 23.7 Å². The molecule has 0 bridgehead atoms. The van der Waals surface area contributed by atoms with Crippen LogP contribution < -0.4 is 0 Å². The van der Waals surface area contributed by atoms with E-state index in [0.717, 1.165) is 6.54 Å². The molecule has 1 aliphatic heterocycles. The Kier molecular flexibility index (Phi) is 4.35. The van der Waals surface area contributed by atoms with E-state index in [-0.39, 0.29) is 18.4 Å². The number of aliphatic hydroxyl groups is 1. The van der Waals surface area contributed by atoms with Crippen molar-refractivity contribution in [2.75, 3.05) is 33.5 Å². The second kappa shape index (κ2) is 5.99. The van der Waals surface area contributed by atoms with Crippen molar-refractivity contribution < 1.29 is 23.8 Å². The highest BCUT2D eigenvalue weighted by Crippen LogP contribution is 2.15. The van der Waals surface area contributed by atoms with Gasteiger partial charge in [0.15, 0.2) is 0 Å². The summed E-state index contributed by atoms with van der Waals surface area (Å²) in [6.07, 6.45) is 0. The zero-order valence-electron chi connectivity index (χ0n) is 10.3. The second-order valence-electron chi connectivity index (χ2n) is 4.14. The Morgan fingerprint density at radius 1 is 1.61 bits per heavy atom. The number of carbonyl (C=O) groups is 1. The highest BCUT2D eigenvalue weighted by Gasteiger charge is 2.23. The molecular formula is C12H17NO5. The van der Waals surface area contributed by atoms with Gasteiger partial charge in [0.05, 0.1) is 39.5 Å². The predicted octanol–water partition coefficient (Wildman–Crippen LogP) is 0.259. The summed E-state index contributed by atoms with van der Waals surface area (Å²) < 4.78 is 15.3. The van der Waals surface area contributed by atoms with Crippen LogP contribution in [0.15, 0.2) is 16.5 Å². The molecule has 0 aliphatic carbocycles. The van der Waals surface area contributed by atoms with Gasteiger partial charge < -0.3 is 19.0 Å².